The number of carbonyl (C=O) groups is 1. The summed E-state index contributed by atoms with van der Waals surface area (Å²) in [6.45, 7) is 6.20. The minimum absolute atomic E-state index is 0. The lowest BCUT2D eigenvalue weighted by molar-refractivity contribution is -0.136. The van der Waals surface area contributed by atoms with Crippen molar-refractivity contribution in [2.75, 3.05) is 20.2 Å². The summed E-state index contributed by atoms with van der Waals surface area (Å²) in [6, 6.07) is 0.266. The Hall–Kier alpha value is -0.320. The van der Waals surface area contributed by atoms with Crippen molar-refractivity contribution in [3.05, 3.63) is 0 Å². The molecule has 2 fully saturated rings. The zero-order valence-electron chi connectivity index (χ0n) is 11.5. The fourth-order valence-electron chi connectivity index (χ4n) is 2.90. The number of hydrogen-bond donors (Lipinski definition) is 2. The van der Waals surface area contributed by atoms with Gasteiger partial charge < -0.3 is 15.4 Å². The van der Waals surface area contributed by atoms with Crippen LogP contribution in [0.4, 0.5) is 0 Å². The zero-order chi connectivity index (χ0) is 12.5. The predicted molar refractivity (Wildman–Crippen MR) is 74.0 cm³/mol. The Balaban J connectivity index is 0.00000162. The molecule has 1 aliphatic heterocycles. The topological polar surface area (TPSA) is 50.4 Å². The van der Waals surface area contributed by atoms with Crippen molar-refractivity contribution in [1.82, 2.24) is 10.6 Å². The van der Waals surface area contributed by atoms with Crippen LogP contribution in [-0.4, -0.2) is 38.3 Å². The normalized spacial score (nSPS) is 34.1. The first-order valence-corrected chi connectivity index (χ1v) is 6.59. The Kier molecular flexibility index (Phi) is 5.44. The van der Waals surface area contributed by atoms with Crippen molar-refractivity contribution >= 4 is 18.3 Å². The highest BCUT2D eigenvalue weighted by molar-refractivity contribution is 5.85. The van der Waals surface area contributed by atoms with E-state index in [0.717, 1.165) is 32.4 Å². The average Bonchev–Trinajstić information content (AvgIpc) is 2.34. The minimum Gasteiger partial charge on any atom is -0.381 e. The molecular formula is C13H25ClN2O2. The summed E-state index contributed by atoms with van der Waals surface area (Å²) in [5.74, 6) is 0.367. The quantitative estimate of drug-likeness (QED) is 0.818. The first-order chi connectivity index (χ1) is 8.05. The molecule has 1 heterocycles. The van der Waals surface area contributed by atoms with Crippen molar-refractivity contribution in [3.63, 3.8) is 0 Å². The molecule has 2 aliphatic rings. The van der Waals surface area contributed by atoms with Crippen LogP contribution in [-0.2, 0) is 9.53 Å². The van der Waals surface area contributed by atoms with Crippen LogP contribution >= 0.6 is 12.4 Å². The maximum atomic E-state index is 12.1. The Bertz CT molecular complexity index is 291. The number of amides is 1. The van der Waals surface area contributed by atoms with Crippen LogP contribution in [0.15, 0.2) is 0 Å². The third-order valence-corrected chi connectivity index (χ3v) is 4.45. The van der Waals surface area contributed by atoms with Crippen molar-refractivity contribution in [1.29, 1.82) is 0 Å². The van der Waals surface area contributed by atoms with Gasteiger partial charge in [0, 0.05) is 25.1 Å². The summed E-state index contributed by atoms with van der Waals surface area (Å²) >= 11 is 0. The molecular weight excluding hydrogens is 252 g/mol. The van der Waals surface area contributed by atoms with Gasteiger partial charge in [0.15, 0.2) is 0 Å². The lowest BCUT2D eigenvalue weighted by Crippen LogP contribution is -2.62. The Morgan fingerprint density at radius 2 is 2.17 bits per heavy atom. The van der Waals surface area contributed by atoms with Crippen LogP contribution in [0.2, 0.25) is 0 Å². The molecule has 0 aromatic carbocycles. The molecule has 0 bridgehead atoms. The number of halogens is 1. The fraction of sp³-hybridized carbons (Fsp3) is 0.923. The van der Waals surface area contributed by atoms with Crippen molar-refractivity contribution in [2.45, 2.75) is 45.3 Å². The van der Waals surface area contributed by atoms with Gasteiger partial charge in [0.2, 0.25) is 5.91 Å². The third-order valence-electron chi connectivity index (χ3n) is 4.45. The van der Waals surface area contributed by atoms with E-state index in [1.807, 2.05) is 0 Å². The molecule has 5 heteroatoms. The van der Waals surface area contributed by atoms with Gasteiger partial charge in [-0.3, -0.25) is 4.79 Å². The Morgan fingerprint density at radius 3 is 2.67 bits per heavy atom. The summed E-state index contributed by atoms with van der Waals surface area (Å²) in [4.78, 5) is 12.1. The van der Waals surface area contributed by atoms with Gasteiger partial charge >= 0.3 is 0 Å². The summed E-state index contributed by atoms with van der Waals surface area (Å²) < 4.78 is 5.40. The van der Waals surface area contributed by atoms with Crippen LogP contribution in [0.25, 0.3) is 0 Å². The second kappa shape index (κ2) is 6.22. The summed E-state index contributed by atoms with van der Waals surface area (Å²) in [7, 11) is 1.75. The van der Waals surface area contributed by atoms with E-state index < -0.39 is 0 Å². The first-order valence-electron chi connectivity index (χ1n) is 6.59. The lowest BCUT2D eigenvalue weighted by atomic mass is 9.64. The number of hydrogen-bond acceptors (Lipinski definition) is 3. The van der Waals surface area contributed by atoms with Crippen molar-refractivity contribution in [3.8, 4) is 0 Å². The molecule has 1 saturated heterocycles. The van der Waals surface area contributed by atoms with E-state index in [0.29, 0.717) is 0 Å². The van der Waals surface area contributed by atoms with Crippen LogP contribution in [0, 0.1) is 11.3 Å². The van der Waals surface area contributed by atoms with E-state index in [1.165, 1.54) is 0 Å². The highest BCUT2D eigenvalue weighted by Crippen LogP contribution is 2.42. The number of rotatable bonds is 3. The van der Waals surface area contributed by atoms with Crippen LogP contribution in [0.3, 0.4) is 0 Å². The minimum atomic E-state index is 0. The smallest absolute Gasteiger partial charge is 0.224 e. The number of nitrogens with one attached hydrogen (secondary N) is 2. The van der Waals surface area contributed by atoms with Crippen molar-refractivity contribution in [2.24, 2.45) is 11.3 Å². The number of ether oxygens (including phenoxy) is 1. The van der Waals surface area contributed by atoms with E-state index in [9.17, 15) is 4.79 Å². The first kappa shape index (κ1) is 15.7. The van der Waals surface area contributed by atoms with E-state index in [1.54, 1.807) is 7.11 Å². The van der Waals surface area contributed by atoms with Gasteiger partial charge in [0.1, 0.15) is 0 Å². The molecule has 106 valence electrons. The van der Waals surface area contributed by atoms with Crippen LogP contribution in [0.5, 0.6) is 0 Å². The van der Waals surface area contributed by atoms with Gasteiger partial charge in [0.25, 0.3) is 0 Å². The van der Waals surface area contributed by atoms with Crippen molar-refractivity contribution < 1.29 is 9.53 Å². The predicted octanol–water partition coefficient (Wildman–Crippen LogP) is 1.34. The molecule has 0 aromatic rings. The standard InChI is InChI=1S/C13H24N2O2.ClH/c1-13(2)10(7-11(13)17-3)15-12(16)9-5-4-6-14-8-9;/h9-11,14H,4-8H2,1-3H3,(H,15,16);1H. The van der Waals surface area contributed by atoms with Crippen LogP contribution in [0.1, 0.15) is 33.1 Å². The highest BCUT2D eigenvalue weighted by atomic mass is 35.5. The van der Waals surface area contributed by atoms with E-state index in [4.69, 9.17) is 4.74 Å². The fourth-order valence-corrected chi connectivity index (χ4v) is 2.90. The van der Waals surface area contributed by atoms with Gasteiger partial charge in [0.05, 0.1) is 12.0 Å². The summed E-state index contributed by atoms with van der Waals surface area (Å²) in [6.07, 6.45) is 3.33. The second-order valence-corrected chi connectivity index (χ2v) is 5.89. The average molecular weight is 277 g/mol. The number of methoxy groups -OCH3 is 1. The molecule has 18 heavy (non-hydrogen) atoms. The molecule has 2 rings (SSSR count). The Morgan fingerprint density at radius 1 is 1.44 bits per heavy atom. The monoisotopic (exact) mass is 276 g/mol. The van der Waals surface area contributed by atoms with Gasteiger partial charge in [-0.1, -0.05) is 13.8 Å². The zero-order valence-corrected chi connectivity index (χ0v) is 12.3. The largest absolute Gasteiger partial charge is 0.381 e. The molecule has 1 aliphatic carbocycles. The molecule has 1 amide bonds. The maximum Gasteiger partial charge on any atom is 0.224 e. The third kappa shape index (κ3) is 2.98. The summed E-state index contributed by atoms with van der Waals surface area (Å²) in [5.41, 5.74) is 0.0620. The SMILES string of the molecule is COC1CC(NC(=O)C2CCCNC2)C1(C)C.Cl. The molecule has 3 atom stereocenters. The Labute approximate surface area is 116 Å². The van der Waals surface area contributed by atoms with Gasteiger partial charge in [-0.15, -0.1) is 12.4 Å². The highest BCUT2D eigenvalue weighted by Gasteiger charge is 2.49. The van der Waals surface area contributed by atoms with Crippen LogP contribution < -0.4 is 10.6 Å². The molecule has 0 spiro atoms. The number of carbonyl (C=O) groups excluding carboxylic acids is 1. The molecule has 0 radical (unpaired) electrons. The van der Waals surface area contributed by atoms with Gasteiger partial charge in [-0.05, 0) is 25.8 Å². The maximum absolute atomic E-state index is 12.1. The molecule has 0 aromatic heterocycles. The van der Waals surface area contributed by atoms with E-state index >= 15 is 0 Å². The lowest BCUT2D eigenvalue weighted by Gasteiger charge is -2.51. The van der Waals surface area contributed by atoms with Gasteiger partial charge in [-0.25, -0.2) is 0 Å². The summed E-state index contributed by atoms with van der Waals surface area (Å²) in [5, 5.41) is 6.46. The molecule has 4 nitrogen and oxygen atoms in total. The number of piperidine rings is 1. The van der Waals surface area contributed by atoms with E-state index in [2.05, 4.69) is 24.5 Å². The van der Waals surface area contributed by atoms with E-state index in [-0.39, 0.29) is 41.8 Å². The molecule has 1 saturated carbocycles. The molecule has 2 N–H and O–H groups in total. The van der Waals surface area contributed by atoms with Gasteiger partial charge in [-0.2, -0.15) is 0 Å². The second-order valence-electron chi connectivity index (χ2n) is 5.89. The molecule has 3 unspecified atom stereocenters.